The molecule has 0 N–H and O–H groups in total. The van der Waals surface area contributed by atoms with Gasteiger partial charge in [0.2, 0.25) is 0 Å². The quantitative estimate of drug-likeness (QED) is 0.327. The van der Waals surface area contributed by atoms with E-state index in [-0.39, 0.29) is 12.2 Å². The number of esters is 1. The van der Waals surface area contributed by atoms with Gasteiger partial charge in [-0.05, 0) is 6.92 Å². The highest BCUT2D eigenvalue weighted by Crippen LogP contribution is 1.96. The zero-order valence-electron chi connectivity index (χ0n) is 6.43. The van der Waals surface area contributed by atoms with Crippen LogP contribution in [0.25, 0.3) is 0 Å². The normalized spacial score (nSPS) is 9.27. The first-order valence-corrected chi connectivity index (χ1v) is 4.96. The molecule has 0 aromatic rings. The fourth-order valence-electron chi connectivity index (χ4n) is 0.567. The van der Waals surface area contributed by atoms with Crippen LogP contribution in [0.3, 0.4) is 0 Å². The van der Waals surface area contributed by atoms with Gasteiger partial charge in [-0.15, -0.1) is 0 Å². The highest BCUT2D eigenvalue weighted by Gasteiger charge is 2.08. The summed E-state index contributed by atoms with van der Waals surface area (Å²) in [7, 11) is 0. The smallest absolute Gasteiger partial charge is 0.313 e. The Labute approximate surface area is 79.6 Å². The minimum atomic E-state index is -0.414. The third-order valence-electron chi connectivity index (χ3n) is 1.02. The van der Waals surface area contributed by atoms with E-state index in [9.17, 15) is 9.59 Å². The number of carbonyl (C=O) groups excluding carboxylic acids is 2. The first kappa shape index (κ1) is 10.9. The number of hydrogen-bond acceptors (Lipinski definition) is 3. The van der Waals surface area contributed by atoms with E-state index in [1.165, 1.54) is 0 Å². The van der Waals surface area contributed by atoms with Gasteiger partial charge in [0.25, 0.3) is 0 Å². The molecule has 64 valence electrons. The summed E-state index contributed by atoms with van der Waals surface area (Å²) in [6.45, 7) is 2.07. The summed E-state index contributed by atoms with van der Waals surface area (Å²) in [6, 6.07) is 0. The third-order valence-corrected chi connectivity index (χ3v) is 1.56. The lowest BCUT2D eigenvalue weighted by Crippen LogP contribution is -2.11. The van der Waals surface area contributed by atoms with Gasteiger partial charge in [-0.3, -0.25) is 9.59 Å². The summed E-state index contributed by atoms with van der Waals surface area (Å²) in [5, 5.41) is 0. The summed E-state index contributed by atoms with van der Waals surface area (Å²) in [5.41, 5.74) is 0. The molecule has 0 rings (SSSR count). The fraction of sp³-hybridized carbons (Fsp3) is 0.714. The number of Topliss-reactive ketones (excluding diaryl/α,β-unsaturated/α-hetero) is 1. The lowest BCUT2D eigenvalue weighted by atomic mass is 10.2. The van der Waals surface area contributed by atoms with Gasteiger partial charge in [0.1, 0.15) is 12.2 Å². The molecule has 0 spiro atoms. The minimum Gasteiger partial charge on any atom is -0.466 e. The zero-order valence-corrected chi connectivity index (χ0v) is 8.59. The van der Waals surface area contributed by atoms with Gasteiger partial charge in [-0.1, -0.05) is 22.6 Å². The predicted molar refractivity (Wildman–Crippen MR) is 49.8 cm³/mol. The van der Waals surface area contributed by atoms with Crippen molar-refractivity contribution < 1.29 is 14.3 Å². The summed E-state index contributed by atoms with van der Waals surface area (Å²) in [6.07, 6.45) is 0.385. The topological polar surface area (TPSA) is 43.4 Å². The molecule has 0 unspecified atom stereocenters. The van der Waals surface area contributed by atoms with Crippen LogP contribution in [0, 0.1) is 0 Å². The van der Waals surface area contributed by atoms with Crippen molar-refractivity contribution in [3.8, 4) is 0 Å². The molecule has 0 heterocycles. The molecule has 0 aliphatic rings. The lowest BCUT2D eigenvalue weighted by molar-refractivity contribution is -0.145. The average Bonchev–Trinajstić information content (AvgIpc) is 1.87. The molecule has 11 heavy (non-hydrogen) atoms. The minimum absolute atomic E-state index is 0.0437. The molecule has 0 aliphatic carbocycles. The van der Waals surface area contributed by atoms with Crippen LogP contribution in [0.1, 0.15) is 19.8 Å². The Balaban J connectivity index is 3.49. The zero-order chi connectivity index (χ0) is 8.69. The molecule has 0 fully saturated rings. The number of rotatable bonds is 5. The molecule has 3 nitrogen and oxygen atoms in total. The third kappa shape index (κ3) is 6.28. The average molecular weight is 270 g/mol. The Morgan fingerprint density at radius 3 is 2.55 bits per heavy atom. The number of ether oxygens (including phenoxy) is 1. The number of halogens is 1. The molecule has 0 saturated heterocycles. The van der Waals surface area contributed by atoms with Gasteiger partial charge >= 0.3 is 5.97 Å². The van der Waals surface area contributed by atoms with Gasteiger partial charge in [0.15, 0.2) is 0 Å². The van der Waals surface area contributed by atoms with Crippen LogP contribution in [-0.4, -0.2) is 22.8 Å². The standard InChI is InChI=1S/C7H11IO3/c1-2-11-7(10)5-6(9)3-4-8/h2-5H2,1H3. The molecular formula is C7H11IO3. The molecule has 4 heteroatoms. The molecule has 0 aromatic carbocycles. The number of carbonyl (C=O) groups is 2. The van der Waals surface area contributed by atoms with Crippen LogP contribution in [0.4, 0.5) is 0 Å². The fourth-order valence-corrected chi connectivity index (χ4v) is 1.17. The molecule has 0 saturated carbocycles. The van der Waals surface area contributed by atoms with E-state index in [0.717, 1.165) is 4.43 Å². The SMILES string of the molecule is CCOC(=O)CC(=O)CCI. The lowest BCUT2D eigenvalue weighted by Gasteiger charge is -1.98. The van der Waals surface area contributed by atoms with Crippen molar-refractivity contribution in [2.24, 2.45) is 0 Å². The molecule has 0 radical (unpaired) electrons. The van der Waals surface area contributed by atoms with Crippen molar-refractivity contribution in [3.05, 3.63) is 0 Å². The summed E-state index contributed by atoms with van der Waals surface area (Å²) < 4.78 is 5.36. The van der Waals surface area contributed by atoms with E-state index >= 15 is 0 Å². The van der Waals surface area contributed by atoms with Gasteiger partial charge in [0.05, 0.1) is 6.61 Å². The molecule has 0 amide bonds. The number of alkyl halides is 1. The highest BCUT2D eigenvalue weighted by atomic mass is 127. The van der Waals surface area contributed by atoms with Crippen molar-refractivity contribution in [2.45, 2.75) is 19.8 Å². The Bertz CT molecular complexity index is 129. The van der Waals surface area contributed by atoms with E-state index in [1.807, 2.05) is 0 Å². The Kier molecular flexibility index (Phi) is 6.49. The van der Waals surface area contributed by atoms with Crippen molar-refractivity contribution in [1.82, 2.24) is 0 Å². The Hall–Kier alpha value is -0.130. The van der Waals surface area contributed by atoms with Crippen LogP contribution in [0.2, 0.25) is 0 Å². The maximum atomic E-state index is 10.8. The van der Waals surface area contributed by atoms with Gasteiger partial charge in [0, 0.05) is 10.8 Å². The van der Waals surface area contributed by atoms with E-state index in [1.54, 1.807) is 6.92 Å². The largest absolute Gasteiger partial charge is 0.466 e. The van der Waals surface area contributed by atoms with E-state index < -0.39 is 5.97 Å². The second-order valence-electron chi connectivity index (χ2n) is 1.96. The highest BCUT2D eigenvalue weighted by molar-refractivity contribution is 14.1. The van der Waals surface area contributed by atoms with Gasteiger partial charge in [-0.25, -0.2) is 0 Å². The van der Waals surface area contributed by atoms with E-state index in [4.69, 9.17) is 0 Å². The van der Waals surface area contributed by atoms with Crippen molar-refractivity contribution in [2.75, 3.05) is 11.0 Å². The van der Waals surface area contributed by atoms with Crippen LogP contribution in [0.15, 0.2) is 0 Å². The monoisotopic (exact) mass is 270 g/mol. The first-order valence-electron chi connectivity index (χ1n) is 3.44. The van der Waals surface area contributed by atoms with Crippen LogP contribution < -0.4 is 0 Å². The van der Waals surface area contributed by atoms with Gasteiger partial charge < -0.3 is 4.74 Å². The van der Waals surface area contributed by atoms with E-state index in [2.05, 4.69) is 27.3 Å². The predicted octanol–water partition coefficient (Wildman–Crippen LogP) is 1.33. The Morgan fingerprint density at radius 1 is 1.45 bits per heavy atom. The maximum Gasteiger partial charge on any atom is 0.313 e. The molecule has 0 bridgehead atoms. The molecular weight excluding hydrogens is 259 g/mol. The van der Waals surface area contributed by atoms with Crippen molar-refractivity contribution in [3.63, 3.8) is 0 Å². The van der Waals surface area contributed by atoms with Crippen molar-refractivity contribution in [1.29, 1.82) is 0 Å². The maximum absolute atomic E-state index is 10.8. The first-order chi connectivity index (χ1) is 5.20. The second kappa shape index (κ2) is 6.57. The number of ketones is 1. The van der Waals surface area contributed by atoms with E-state index in [0.29, 0.717) is 13.0 Å². The summed E-state index contributed by atoms with van der Waals surface area (Å²) in [4.78, 5) is 21.5. The van der Waals surface area contributed by atoms with Crippen LogP contribution >= 0.6 is 22.6 Å². The number of hydrogen-bond donors (Lipinski definition) is 0. The molecule has 0 atom stereocenters. The van der Waals surface area contributed by atoms with Gasteiger partial charge in [-0.2, -0.15) is 0 Å². The van der Waals surface area contributed by atoms with Crippen molar-refractivity contribution >= 4 is 34.3 Å². The molecule has 0 aromatic heterocycles. The summed E-state index contributed by atoms with van der Waals surface area (Å²) in [5.74, 6) is -0.458. The molecule has 0 aliphatic heterocycles. The Morgan fingerprint density at radius 2 is 2.09 bits per heavy atom. The summed E-state index contributed by atoms with van der Waals surface area (Å²) >= 11 is 2.10. The second-order valence-corrected chi connectivity index (χ2v) is 3.04. The van der Waals surface area contributed by atoms with Crippen LogP contribution in [-0.2, 0) is 14.3 Å². The van der Waals surface area contributed by atoms with Crippen LogP contribution in [0.5, 0.6) is 0 Å².